The summed E-state index contributed by atoms with van der Waals surface area (Å²) in [5.74, 6) is -1.39. The first-order valence-electron chi connectivity index (χ1n) is 11.1. The smallest absolute Gasteiger partial charge is 0.339 e. The summed E-state index contributed by atoms with van der Waals surface area (Å²) in [5, 5.41) is 2.59. The van der Waals surface area contributed by atoms with Crippen molar-refractivity contribution in [3.05, 3.63) is 77.1 Å². The third-order valence-corrected chi connectivity index (χ3v) is 7.32. The summed E-state index contributed by atoms with van der Waals surface area (Å²) in [6, 6.07) is 13.1. The summed E-state index contributed by atoms with van der Waals surface area (Å²) in [4.78, 5) is 24.7. The second-order valence-corrected chi connectivity index (χ2v) is 10.0. The Kier molecular flexibility index (Phi) is 7.84. The number of hydrogen-bond acceptors (Lipinski definition) is 7. The van der Waals surface area contributed by atoms with E-state index in [9.17, 15) is 22.4 Å². The number of amides is 1. The van der Waals surface area contributed by atoms with E-state index in [4.69, 9.17) is 25.8 Å². The molecule has 37 heavy (non-hydrogen) atoms. The van der Waals surface area contributed by atoms with Crippen LogP contribution in [0.4, 0.5) is 15.8 Å². The van der Waals surface area contributed by atoms with Crippen molar-refractivity contribution in [2.75, 3.05) is 36.0 Å². The third kappa shape index (κ3) is 5.95. The molecule has 9 nitrogen and oxygen atoms in total. The topological polar surface area (TPSA) is 111 Å². The van der Waals surface area contributed by atoms with E-state index in [0.29, 0.717) is 12.4 Å². The van der Waals surface area contributed by atoms with Crippen molar-refractivity contribution in [3.63, 3.8) is 0 Å². The molecular formula is C25H22ClFN2O7S. The zero-order chi connectivity index (χ0) is 26.6. The predicted octanol–water partition coefficient (Wildman–Crippen LogP) is 4.26. The number of carbonyl (C=O) groups excluding carboxylic acids is 2. The SMILES string of the molecule is CCOC(=O)c1ccc(NC(=O)CN(c2cccc(F)c2)S(=O)(=O)c2ccc3c(c2)OCCO3)cc1Cl. The van der Waals surface area contributed by atoms with Crippen LogP contribution in [0.25, 0.3) is 0 Å². The molecule has 194 valence electrons. The van der Waals surface area contributed by atoms with Gasteiger partial charge in [0, 0.05) is 11.8 Å². The van der Waals surface area contributed by atoms with Crippen molar-refractivity contribution < 1.29 is 36.6 Å². The largest absolute Gasteiger partial charge is 0.486 e. The van der Waals surface area contributed by atoms with Gasteiger partial charge >= 0.3 is 5.97 Å². The Morgan fingerprint density at radius 1 is 1.05 bits per heavy atom. The molecule has 0 fully saturated rings. The van der Waals surface area contributed by atoms with Gasteiger partial charge in [-0.25, -0.2) is 17.6 Å². The lowest BCUT2D eigenvalue weighted by atomic mass is 10.2. The summed E-state index contributed by atoms with van der Waals surface area (Å²) >= 11 is 6.15. The second-order valence-electron chi connectivity index (χ2n) is 7.76. The molecule has 0 aromatic heterocycles. The lowest BCUT2D eigenvalue weighted by molar-refractivity contribution is -0.114. The molecule has 1 N–H and O–H groups in total. The Morgan fingerprint density at radius 2 is 1.81 bits per heavy atom. The summed E-state index contributed by atoms with van der Waals surface area (Å²) in [6.45, 7) is 1.73. The first-order chi connectivity index (χ1) is 17.7. The van der Waals surface area contributed by atoms with Crippen LogP contribution in [0.15, 0.2) is 65.6 Å². The van der Waals surface area contributed by atoms with Crippen molar-refractivity contribution in [1.29, 1.82) is 0 Å². The maximum atomic E-state index is 14.0. The Hall–Kier alpha value is -3.83. The number of sulfonamides is 1. The van der Waals surface area contributed by atoms with Gasteiger partial charge in [-0.3, -0.25) is 9.10 Å². The predicted molar refractivity (Wildman–Crippen MR) is 134 cm³/mol. The monoisotopic (exact) mass is 548 g/mol. The van der Waals surface area contributed by atoms with E-state index in [1.165, 1.54) is 48.5 Å². The molecule has 0 aliphatic carbocycles. The first-order valence-corrected chi connectivity index (χ1v) is 13.0. The highest BCUT2D eigenvalue weighted by molar-refractivity contribution is 7.92. The van der Waals surface area contributed by atoms with Crippen LogP contribution >= 0.6 is 11.6 Å². The van der Waals surface area contributed by atoms with Gasteiger partial charge in [-0.15, -0.1) is 0 Å². The number of esters is 1. The fourth-order valence-corrected chi connectivity index (χ4v) is 5.24. The highest BCUT2D eigenvalue weighted by atomic mass is 35.5. The molecule has 1 aliphatic heterocycles. The lowest BCUT2D eigenvalue weighted by Gasteiger charge is -2.25. The van der Waals surface area contributed by atoms with E-state index in [-0.39, 0.29) is 45.8 Å². The van der Waals surface area contributed by atoms with Gasteiger partial charge in [0.15, 0.2) is 11.5 Å². The zero-order valence-electron chi connectivity index (χ0n) is 19.6. The quantitative estimate of drug-likeness (QED) is 0.419. The molecule has 0 saturated heterocycles. The third-order valence-electron chi connectivity index (χ3n) is 5.23. The van der Waals surface area contributed by atoms with Crippen LogP contribution in [0.3, 0.4) is 0 Å². The Morgan fingerprint density at radius 3 is 2.51 bits per heavy atom. The minimum absolute atomic E-state index is 0.0436. The average molecular weight is 549 g/mol. The Bertz CT molecular complexity index is 1450. The number of hydrogen-bond donors (Lipinski definition) is 1. The number of nitrogens with zero attached hydrogens (tertiary/aromatic N) is 1. The molecule has 0 spiro atoms. The van der Waals surface area contributed by atoms with E-state index in [2.05, 4.69) is 5.32 Å². The molecule has 3 aromatic rings. The molecule has 3 aromatic carbocycles. The molecule has 0 atom stereocenters. The first kappa shape index (κ1) is 26.2. The summed E-state index contributed by atoms with van der Waals surface area (Å²) in [5.41, 5.74) is 0.281. The molecule has 0 unspecified atom stereocenters. The molecule has 4 rings (SSSR count). The van der Waals surface area contributed by atoms with Crippen LogP contribution in [-0.2, 0) is 19.6 Å². The second kappa shape index (κ2) is 11.1. The van der Waals surface area contributed by atoms with E-state index in [1.54, 1.807) is 6.92 Å². The molecule has 12 heteroatoms. The molecule has 0 bridgehead atoms. The van der Waals surface area contributed by atoms with Crippen LogP contribution in [0.2, 0.25) is 5.02 Å². The van der Waals surface area contributed by atoms with Gasteiger partial charge < -0.3 is 19.5 Å². The normalized spacial score (nSPS) is 12.5. The number of fused-ring (bicyclic) bond motifs is 1. The van der Waals surface area contributed by atoms with E-state index >= 15 is 0 Å². The number of ether oxygens (including phenoxy) is 3. The average Bonchev–Trinajstić information content (AvgIpc) is 2.87. The van der Waals surface area contributed by atoms with Crippen molar-refractivity contribution in [1.82, 2.24) is 0 Å². The molecule has 1 heterocycles. The zero-order valence-corrected chi connectivity index (χ0v) is 21.1. The van der Waals surface area contributed by atoms with Crippen molar-refractivity contribution in [2.24, 2.45) is 0 Å². The van der Waals surface area contributed by atoms with Crippen LogP contribution in [-0.4, -0.2) is 46.7 Å². The summed E-state index contributed by atoms with van der Waals surface area (Å²) < 4.78 is 57.9. The molecule has 1 amide bonds. The molecule has 1 aliphatic rings. The number of rotatable bonds is 8. The van der Waals surface area contributed by atoms with Gasteiger partial charge in [-0.05, 0) is 55.5 Å². The number of carbonyl (C=O) groups is 2. The minimum atomic E-state index is -4.34. The maximum absolute atomic E-state index is 14.0. The van der Waals surface area contributed by atoms with Crippen molar-refractivity contribution >= 4 is 44.9 Å². The van der Waals surface area contributed by atoms with Crippen molar-refractivity contribution in [3.8, 4) is 11.5 Å². The standard InChI is InChI=1S/C25H22ClFN2O7S/c1-2-34-25(31)20-8-6-17(13-21(20)26)28-24(30)15-29(18-5-3-4-16(27)12-18)37(32,33)19-7-9-22-23(14-19)36-11-10-35-22/h3-9,12-14H,2,10-11,15H2,1H3,(H,28,30). The fourth-order valence-electron chi connectivity index (χ4n) is 3.56. The fraction of sp³-hybridized carbons (Fsp3) is 0.200. The van der Waals surface area contributed by atoms with Gasteiger partial charge in [-0.2, -0.15) is 0 Å². The van der Waals surface area contributed by atoms with E-state index in [0.717, 1.165) is 16.4 Å². The van der Waals surface area contributed by atoms with Crippen LogP contribution in [0.5, 0.6) is 11.5 Å². The molecule has 0 radical (unpaired) electrons. The Labute approximate surface area is 217 Å². The molecular weight excluding hydrogens is 527 g/mol. The number of anilines is 2. The van der Waals surface area contributed by atoms with Crippen LogP contribution in [0.1, 0.15) is 17.3 Å². The van der Waals surface area contributed by atoms with Gasteiger partial charge in [0.05, 0.1) is 27.8 Å². The maximum Gasteiger partial charge on any atom is 0.339 e. The summed E-state index contributed by atoms with van der Waals surface area (Å²) in [6.07, 6.45) is 0. The van der Waals surface area contributed by atoms with Gasteiger partial charge in [0.2, 0.25) is 5.91 Å². The number of halogens is 2. The lowest BCUT2D eigenvalue weighted by Crippen LogP contribution is -2.38. The van der Waals surface area contributed by atoms with Gasteiger partial charge in [0.25, 0.3) is 10.0 Å². The van der Waals surface area contributed by atoms with E-state index in [1.807, 2.05) is 0 Å². The van der Waals surface area contributed by atoms with E-state index < -0.39 is 34.3 Å². The van der Waals surface area contributed by atoms with Crippen LogP contribution in [0, 0.1) is 5.82 Å². The number of nitrogens with one attached hydrogen (secondary N) is 1. The van der Waals surface area contributed by atoms with Gasteiger partial charge in [0.1, 0.15) is 25.6 Å². The summed E-state index contributed by atoms with van der Waals surface area (Å²) in [7, 11) is -4.34. The Balaban J connectivity index is 1.62. The highest BCUT2D eigenvalue weighted by Gasteiger charge is 2.29. The highest BCUT2D eigenvalue weighted by Crippen LogP contribution is 2.34. The van der Waals surface area contributed by atoms with Crippen LogP contribution < -0.4 is 19.1 Å². The van der Waals surface area contributed by atoms with Crippen molar-refractivity contribution in [2.45, 2.75) is 11.8 Å². The minimum Gasteiger partial charge on any atom is -0.486 e. The van der Waals surface area contributed by atoms with Gasteiger partial charge in [-0.1, -0.05) is 17.7 Å². The molecule has 0 saturated carbocycles. The number of benzene rings is 3.